The molecule has 0 aliphatic carbocycles. The Morgan fingerprint density at radius 3 is 2.84 bits per heavy atom. The number of para-hydroxylation sites is 2. The highest BCUT2D eigenvalue weighted by Crippen LogP contribution is 2.32. The molecule has 1 atom stereocenters. The predicted molar refractivity (Wildman–Crippen MR) is 93.2 cm³/mol. The number of non-ortho nitro benzene ring substituents is 1. The van der Waals surface area contributed by atoms with Crippen LogP contribution in [0.25, 0.3) is 10.8 Å². The molecule has 0 bridgehead atoms. The third-order valence-electron chi connectivity index (χ3n) is 4.08. The van der Waals surface area contributed by atoms with E-state index < -0.39 is 4.92 Å². The molecule has 0 fully saturated rings. The number of nitrogens with zero attached hydrogens (tertiary/aromatic N) is 2. The summed E-state index contributed by atoms with van der Waals surface area (Å²) in [6, 6.07) is 12.5. The van der Waals surface area contributed by atoms with Gasteiger partial charge in [-0.3, -0.25) is 15.1 Å². The van der Waals surface area contributed by atoms with Gasteiger partial charge in [0.2, 0.25) is 0 Å². The fraction of sp³-hybridized carbons (Fsp3) is 0.167. The SMILES string of the molecule is O=[N+]([O-])c1ccc(NC[C@@H]2COc3ccccc3O2)c2ccncc12. The summed E-state index contributed by atoms with van der Waals surface area (Å²) in [6.45, 7) is 0.958. The first kappa shape index (κ1) is 15.2. The molecule has 7 nitrogen and oxygen atoms in total. The Balaban J connectivity index is 1.54. The van der Waals surface area contributed by atoms with Crippen molar-refractivity contribution >= 4 is 22.1 Å². The van der Waals surface area contributed by atoms with E-state index in [0.29, 0.717) is 18.5 Å². The summed E-state index contributed by atoms with van der Waals surface area (Å²) >= 11 is 0. The standard InChI is InChI=1S/C18H15N3O4/c22-21(23)16-6-5-15(13-7-8-19-10-14(13)16)20-9-12-11-24-17-3-1-2-4-18(17)25-12/h1-8,10,12,20H,9,11H2/t12-/m1/s1. The molecule has 0 saturated carbocycles. The van der Waals surface area contributed by atoms with E-state index in [4.69, 9.17) is 9.47 Å². The van der Waals surface area contributed by atoms with Gasteiger partial charge in [0.25, 0.3) is 5.69 Å². The van der Waals surface area contributed by atoms with Crippen LogP contribution in [0.3, 0.4) is 0 Å². The van der Waals surface area contributed by atoms with Gasteiger partial charge in [0.1, 0.15) is 12.7 Å². The molecule has 0 amide bonds. The summed E-state index contributed by atoms with van der Waals surface area (Å²) in [5.41, 5.74) is 0.838. The number of nitrogens with one attached hydrogen (secondary N) is 1. The van der Waals surface area contributed by atoms with Gasteiger partial charge in [-0.05, 0) is 24.3 Å². The highest BCUT2D eigenvalue weighted by molar-refractivity contribution is 5.99. The normalized spacial score (nSPS) is 15.8. The van der Waals surface area contributed by atoms with Crippen molar-refractivity contribution in [2.75, 3.05) is 18.5 Å². The zero-order valence-corrected chi connectivity index (χ0v) is 13.2. The summed E-state index contributed by atoms with van der Waals surface area (Å²) in [6.07, 6.45) is 2.98. The number of aromatic nitrogens is 1. The highest BCUT2D eigenvalue weighted by Gasteiger charge is 2.21. The van der Waals surface area contributed by atoms with Crippen molar-refractivity contribution in [3.63, 3.8) is 0 Å². The van der Waals surface area contributed by atoms with Crippen LogP contribution in [-0.4, -0.2) is 29.2 Å². The minimum Gasteiger partial charge on any atom is -0.486 e. The first-order chi connectivity index (χ1) is 12.2. The molecule has 126 valence electrons. The molecule has 3 aromatic rings. The van der Waals surface area contributed by atoms with Crippen LogP contribution in [0, 0.1) is 10.1 Å². The zero-order chi connectivity index (χ0) is 17.2. The summed E-state index contributed by atoms with van der Waals surface area (Å²) in [7, 11) is 0. The number of nitro benzene ring substituents is 1. The Morgan fingerprint density at radius 2 is 2.00 bits per heavy atom. The largest absolute Gasteiger partial charge is 0.486 e. The smallest absolute Gasteiger partial charge is 0.278 e. The molecule has 1 aliphatic heterocycles. The average molecular weight is 337 g/mol. The van der Waals surface area contributed by atoms with E-state index in [0.717, 1.165) is 22.6 Å². The number of rotatable bonds is 4. The third-order valence-corrected chi connectivity index (χ3v) is 4.08. The van der Waals surface area contributed by atoms with Gasteiger partial charge in [0.15, 0.2) is 11.5 Å². The molecule has 1 aromatic heterocycles. The zero-order valence-electron chi connectivity index (χ0n) is 13.2. The van der Waals surface area contributed by atoms with E-state index in [1.165, 1.54) is 12.3 Å². The van der Waals surface area contributed by atoms with Crippen LogP contribution in [0.15, 0.2) is 54.9 Å². The number of hydrogen-bond donors (Lipinski definition) is 1. The lowest BCUT2D eigenvalue weighted by Gasteiger charge is -2.27. The number of pyridine rings is 1. The van der Waals surface area contributed by atoms with Crippen LogP contribution in [0.5, 0.6) is 11.5 Å². The van der Waals surface area contributed by atoms with Gasteiger partial charge in [0.05, 0.1) is 16.9 Å². The molecular formula is C18H15N3O4. The lowest BCUT2D eigenvalue weighted by atomic mass is 10.1. The van der Waals surface area contributed by atoms with Gasteiger partial charge in [-0.2, -0.15) is 0 Å². The van der Waals surface area contributed by atoms with Crippen LogP contribution in [0.4, 0.5) is 11.4 Å². The lowest BCUT2D eigenvalue weighted by Crippen LogP contribution is -2.35. The van der Waals surface area contributed by atoms with E-state index in [1.807, 2.05) is 24.3 Å². The number of hydrogen-bond acceptors (Lipinski definition) is 6. The molecule has 25 heavy (non-hydrogen) atoms. The quantitative estimate of drug-likeness (QED) is 0.580. The maximum Gasteiger partial charge on any atom is 0.278 e. The van der Waals surface area contributed by atoms with E-state index in [1.54, 1.807) is 18.3 Å². The molecule has 0 radical (unpaired) electrons. The fourth-order valence-electron chi connectivity index (χ4n) is 2.88. The fourth-order valence-corrected chi connectivity index (χ4v) is 2.88. The van der Waals surface area contributed by atoms with Gasteiger partial charge >= 0.3 is 0 Å². The number of fused-ring (bicyclic) bond motifs is 2. The topological polar surface area (TPSA) is 86.5 Å². The Bertz CT molecular complexity index is 945. The average Bonchev–Trinajstić information content (AvgIpc) is 2.65. The van der Waals surface area contributed by atoms with Gasteiger partial charge in [-0.25, -0.2) is 0 Å². The molecule has 2 heterocycles. The highest BCUT2D eigenvalue weighted by atomic mass is 16.6. The molecule has 0 unspecified atom stereocenters. The molecule has 0 spiro atoms. The lowest BCUT2D eigenvalue weighted by molar-refractivity contribution is -0.383. The second kappa shape index (κ2) is 6.27. The van der Waals surface area contributed by atoms with Crippen molar-refractivity contribution in [1.82, 2.24) is 4.98 Å². The number of benzene rings is 2. The molecule has 7 heteroatoms. The van der Waals surface area contributed by atoms with Gasteiger partial charge in [0, 0.05) is 29.5 Å². The molecule has 4 rings (SSSR count). The maximum atomic E-state index is 11.2. The van der Waals surface area contributed by atoms with Crippen molar-refractivity contribution in [3.8, 4) is 11.5 Å². The second-order valence-corrected chi connectivity index (χ2v) is 5.69. The van der Waals surface area contributed by atoms with Crippen molar-refractivity contribution in [2.24, 2.45) is 0 Å². The maximum absolute atomic E-state index is 11.2. The minimum atomic E-state index is -0.400. The molecule has 0 saturated heterocycles. The van der Waals surface area contributed by atoms with Gasteiger partial charge < -0.3 is 14.8 Å². The van der Waals surface area contributed by atoms with Gasteiger partial charge in [-0.1, -0.05) is 12.1 Å². The number of anilines is 1. The van der Waals surface area contributed by atoms with Crippen molar-refractivity contribution in [1.29, 1.82) is 0 Å². The molecule has 2 aromatic carbocycles. The van der Waals surface area contributed by atoms with Gasteiger partial charge in [-0.15, -0.1) is 0 Å². The Hall–Kier alpha value is -3.35. The first-order valence-electron chi connectivity index (χ1n) is 7.86. The molecular weight excluding hydrogens is 322 g/mol. The monoisotopic (exact) mass is 337 g/mol. The Morgan fingerprint density at radius 1 is 1.16 bits per heavy atom. The summed E-state index contributed by atoms with van der Waals surface area (Å²) in [5, 5.41) is 15.7. The van der Waals surface area contributed by atoms with E-state index in [2.05, 4.69) is 10.3 Å². The Kier molecular flexibility index (Phi) is 3.81. The Labute approximate surface area is 143 Å². The predicted octanol–water partition coefficient (Wildman–Crippen LogP) is 3.39. The van der Waals surface area contributed by atoms with Crippen LogP contribution in [0.1, 0.15) is 0 Å². The van der Waals surface area contributed by atoms with Crippen LogP contribution < -0.4 is 14.8 Å². The van der Waals surface area contributed by atoms with E-state index in [-0.39, 0.29) is 11.8 Å². The van der Waals surface area contributed by atoms with E-state index in [9.17, 15) is 10.1 Å². The molecule has 1 aliphatic rings. The van der Waals surface area contributed by atoms with E-state index >= 15 is 0 Å². The number of ether oxygens (including phenoxy) is 2. The van der Waals surface area contributed by atoms with Crippen molar-refractivity contribution < 1.29 is 14.4 Å². The van der Waals surface area contributed by atoms with Crippen molar-refractivity contribution in [3.05, 3.63) is 65.0 Å². The minimum absolute atomic E-state index is 0.0415. The van der Waals surface area contributed by atoms with Crippen LogP contribution in [0.2, 0.25) is 0 Å². The summed E-state index contributed by atoms with van der Waals surface area (Å²) in [5.74, 6) is 1.46. The third kappa shape index (κ3) is 2.91. The first-order valence-corrected chi connectivity index (χ1v) is 7.86. The molecule has 1 N–H and O–H groups in total. The van der Waals surface area contributed by atoms with Crippen molar-refractivity contribution in [2.45, 2.75) is 6.10 Å². The summed E-state index contributed by atoms with van der Waals surface area (Å²) < 4.78 is 11.6. The second-order valence-electron chi connectivity index (χ2n) is 5.69. The van der Waals surface area contributed by atoms with Crippen LogP contribution >= 0.6 is 0 Å². The van der Waals surface area contributed by atoms with Crippen LogP contribution in [-0.2, 0) is 0 Å². The summed E-state index contributed by atoms with van der Waals surface area (Å²) in [4.78, 5) is 14.8. The number of nitro groups is 1.